The molecule has 5 atom stereocenters. The van der Waals surface area contributed by atoms with Crippen molar-refractivity contribution in [1.82, 2.24) is 0 Å². The Bertz CT molecular complexity index is 318. The maximum atomic E-state index is 10.6. The Morgan fingerprint density at radius 3 is 2.89 bits per heavy atom. The lowest BCUT2D eigenvalue weighted by atomic mass is 9.59. The van der Waals surface area contributed by atoms with Crippen molar-refractivity contribution >= 4 is 6.29 Å². The van der Waals surface area contributed by atoms with E-state index in [1.165, 1.54) is 25.7 Å². The van der Waals surface area contributed by atoms with Crippen molar-refractivity contribution < 1.29 is 4.79 Å². The maximum Gasteiger partial charge on any atom is 0.120 e. The molecule has 0 bridgehead atoms. The van der Waals surface area contributed by atoms with E-state index in [2.05, 4.69) is 26.8 Å². The average molecular weight is 248 g/mol. The highest BCUT2D eigenvalue weighted by Gasteiger charge is 2.39. The Labute approximate surface area is 112 Å². The standard InChI is InChI=1S/C17H28O/c1-12-6-8-15-14(3)7-9-16(17(15)11-12)13(2)5-4-10-18/h10-11,13-17H,4-9H2,1-3H3/t13-,14+,15-,16-,17-/m0/s1. The van der Waals surface area contributed by atoms with Gasteiger partial charge >= 0.3 is 0 Å². The SMILES string of the molecule is CC1=C[C@H]2[C@@H](CC1)[C@H](C)CC[C@H]2[C@@H](C)CCC=O. The van der Waals surface area contributed by atoms with E-state index in [-0.39, 0.29) is 0 Å². The monoisotopic (exact) mass is 248 g/mol. The van der Waals surface area contributed by atoms with Crippen LogP contribution < -0.4 is 0 Å². The zero-order chi connectivity index (χ0) is 13.1. The van der Waals surface area contributed by atoms with Gasteiger partial charge in [-0.25, -0.2) is 0 Å². The summed E-state index contributed by atoms with van der Waals surface area (Å²) in [6, 6.07) is 0. The number of hydrogen-bond acceptors (Lipinski definition) is 1. The molecule has 1 nitrogen and oxygen atoms in total. The molecule has 0 unspecified atom stereocenters. The van der Waals surface area contributed by atoms with Gasteiger partial charge in [0, 0.05) is 6.42 Å². The highest BCUT2D eigenvalue weighted by Crippen LogP contribution is 2.48. The van der Waals surface area contributed by atoms with E-state index in [0.717, 1.165) is 42.8 Å². The fourth-order valence-corrected chi connectivity index (χ4v) is 4.30. The van der Waals surface area contributed by atoms with Crippen LogP contribution in [0.3, 0.4) is 0 Å². The minimum atomic E-state index is 0.706. The molecule has 0 aromatic heterocycles. The third kappa shape index (κ3) is 2.87. The van der Waals surface area contributed by atoms with Gasteiger partial charge in [-0.2, -0.15) is 0 Å². The van der Waals surface area contributed by atoms with Crippen LogP contribution in [0.4, 0.5) is 0 Å². The molecule has 2 aliphatic rings. The first kappa shape index (κ1) is 13.8. The quantitative estimate of drug-likeness (QED) is 0.524. The third-order valence-electron chi connectivity index (χ3n) is 5.49. The molecule has 0 heterocycles. The van der Waals surface area contributed by atoms with E-state index in [1.807, 2.05) is 0 Å². The first-order valence-corrected chi connectivity index (χ1v) is 7.74. The third-order valence-corrected chi connectivity index (χ3v) is 5.49. The van der Waals surface area contributed by atoms with E-state index >= 15 is 0 Å². The lowest BCUT2D eigenvalue weighted by Crippen LogP contribution is -2.37. The van der Waals surface area contributed by atoms with Crippen LogP contribution in [0.1, 0.15) is 59.3 Å². The van der Waals surface area contributed by atoms with E-state index in [4.69, 9.17) is 0 Å². The van der Waals surface area contributed by atoms with Crippen LogP contribution in [0.25, 0.3) is 0 Å². The van der Waals surface area contributed by atoms with Crippen molar-refractivity contribution in [3.05, 3.63) is 11.6 Å². The van der Waals surface area contributed by atoms with Gasteiger partial charge in [0.15, 0.2) is 0 Å². The molecule has 1 saturated carbocycles. The van der Waals surface area contributed by atoms with E-state index in [1.54, 1.807) is 5.57 Å². The van der Waals surface area contributed by atoms with E-state index in [0.29, 0.717) is 5.92 Å². The van der Waals surface area contributed by atoms with Gasteiger partial charge in [0.25, 0.3) is 0 Å². The lowest BCUT2D eigenvalue weighted by Gasteiger charge is -2.45. The molecule has 0 radical (unpaired) electrons. The van der Waals surface area contributed by atoms with Crippen LogP contribution >= 0.6 is 0 Å². The molecule has 0 spiro atoms. The van der Waals surface area contributed by atoms with Gasteiger partial charge in [-0.3, -0.25) is 0 Å². The molecule has 0 aromatic carbocycles. The van der Waals surface area contributed by atoms with Gasteiger partial charge in [0.2, 0.25) is 0 Å². The first-order chi connectivity index (χ1) is 8.63. The number of aldehydes is 1. The highest BCUT2D eigenvalue weighted by atomic mass is 16.1. The van der Waals surface area contributed by atoms with Crippen LogP contribution in [-0.2, 0) is 4.79 Å². The average Bonchev–Trinajstić information content (AvgIpc) is 2.36. The zero-order valence-corrected chi connectivity index (χ0v) is 12.2. The molecule has 0 amide bonds. The fourth-order valence-electron chi connectivity index (χ4n) is 4.30. The Hall–Kier alpha value is -0.590. The summed E-state index contributed by atoms with van der Waals surface area (Å²) in [4.78, 5) is 10.6. The van der Waals surface area contributed by atoms with Gasteiger partial charge in [0.1, 0.15) is 6.29 Å². The van der Waals surface area contributed by atoms with Gasteiger partial charge in [0.05, 0.1) is 0 Å². The number of carbonyl (C=O) groups excluding carboxylic acids is 1. The second kappa shape index (κ2) is 6.04. The molecule has 1 fully saturated rings. The first-order valence-electron chi connectivity index (χ1n) is 7.74. The van der Waals surface area contributed by atoms with Crippen LogP contribution in [0.15, 0.2) is 11.6 Å². The smallest absolute Gasteiger partial charge is 0.120 e. The summed E-state index contributed by atoms with van der Waals surface area (Å²) in [5.74, 6) is 4.13. The number of allylic oxidation sites excluding steroid dienone is 2. The summed E-state index contributed by atoms with van der Waals surface area (Å²) >= 11 is 0. The molecule has 0 N–H and O–H groups in total. The summed E-state index contributed by atoms with van der Waals surface area (Å²) in [5, 5.41) is 0. The van der Waals surface area contributed by atoms with Gasteiger partial charge < -0.3 is 4.79 Å². The lowest BCUT2D eigenvalue weighted by molar-refractivity contribution is -0.108. The summed E-state index contributed by atoms with van der Waals surface area (Å²) in [5.41, 5.74) is 1.60. The van der Waals surface area contributed by atoms with Crippen molar-refractivity contribution in [3.63, 3.8) is 0 Å². The predicted octanol–water partition coefficient (Wildman–Crippen LogP) is 4.62. The van der Waals surface area contributed by atoms with Crippen LogP contribution in [0.5, 0.6) is 0 Å². The summed E-state index contributed by atoms with van der Waals surface area (Å²) in [6.45, 7) is 7.10. The predicted molar refractivity (Wildman–Crippen MR) is 76.3 cm³/mol. The molecule has 0 saturated heterocycles. The van der Waals surface area contributed by atoms with E-state index < -0.39 is 0 Å². The molecule has 102 valence electrons. The Morgan fingerprint density at radius 2 is 2.17 bits per heavy atom. The van der Waals surface area contributed by atoms with Gasteiger partial charge in [-0.05, 0) is 62.2 Å². The van der Waals surface area contributed by atoms with Crippen LogP contribution in [0.2, 0.25) is 0 Å². The minimum Gasteiger partial charge on any atom is -0.303 e. The maximum absolute atomic E-state index is 10.6. The molecular formula is C17H28O. The number of fused-ring (bicyclic) bond motifs is 1. The van der Waals surface area contributed by atoms with E-state index in [9.17, 15) is 4.79 Å². The molecule has 0 aromatic rings. The molecule has 18 heavy (non-hydrogen) atoms. The molecule has 1 heteroatoms. The van der Waals surface area contributed by atoms with Gasteiger partial charge in [-0.1, -0.05) is 31.9 Å². The Morgan fingerprint density at radius 1 is 1.39 bits per heavy atom. The van der Waals surface area contributed by atoms with Crippen LogP contribution in [-0.4, -0.2) is 6.29 Å². The number of rotatable bonds is 4. The number of hydrogen-bond donors (Lipinski definition) is 0. The fraction of sp³-hybridized carbons (Fsp3) is 0.824. The number of carbonyl (C=O) groups is 1. The molecule has 2 aliphatic carbocycles. The van der Waals surface area contributed by atoms with Gasteiger partial charge in [-0.15, -0.1) is 0 Å². The molecule has 0 aliphatic heterocycles. The van der Waals surface area contributed by atoms with Crippen LogP contribution in [0, 0.1) is 29.6 Å². The van der Waals surface area contributed by atoms with Crippen molar-refractivity contribution in [2.24, 2.45) is 29.6 Å². The normalized spacial score (nSPS) is 37.6. The zero-order valence-electron chi connectivity index (χ0n) is 12.2. The Kier molecular flexibility index (Phi) is 4.64. The topological polar surface area (TPSA) is 17.1 Å². The summed E-state index contributed by atoms with van der Waals surface area (Å²) in [6.07, 6.45) is 10.9. The minimum absolute atomic E-state index is 0.706. The summed E-state index contributed by atoms with van der Waals surface area (Å²) in [7, 11) is 0. The highest BCUT2D eigenvalue weighted by molar-refractivity contribution is 5.49. The second-order valence-corrected chi connectivity index (χ2v) is 6.73. The van der Waals surface area contributed by atoms with Crippen molar-refractivity contribution in [2.45, 2.75) is 59.3 Å². The second-order valence-electron chi connectivity index (χ2n) is 6.73. The largest absolute Gasteiger partial charge is 0.303 e. The van der Waals surface area contributed by atoms with Crippen molar-refractivity contribution in [2.75, 3.05) is 0 Å². The van der Waals surface area contributed by atoms with Crippen molar-refractivity contribution in [3.8, 4) is 0 Å². The van der Waals surface area contributed by atoms with Crippen molar-refractivity contribution in [1.29, 1.82) is 0 Å². The molecule has 2 rings (SSSR count). The molecular weight excluding hydrogens is 220 g/mol. The summed E-state index contributed by atoms with van der Waals surface area (Å²) < 4.78 is 0. The Balaban J connectivity index is 2.09.